The van der Waals surface area contributed by atoms with Crippen LogP contribution in [-0.4, -0.2) is 60.7 Å². The van der Waals surface area contributed by atoms with E-state index in [1.54, 1.807) is 12.4 Å². The van der Waals surface area contributed by atoms with Crippen molar-refractivity contribution in [2.24, 2.45) is 5.16 Å². The number of phosphoric acid groups is 1. The zero-order chi connectivity index (χ0) is 43.7. The van der Waals surface area contributed by atoms with E-state index in [0.717, 1.165) is 44.1 Å². The Bertz CT molecular complexity index is 1380. The Morgan fingerprint density at radius 1 is 0.639 bits per heavy atom. The maximum atomic E-state index is 13.9. The smallest absolute Gasteiger partial charge is 0.462 e. The van der Waals surface area contributed by atoms with Gasteiger partial charge in [0, 0.05) is 25.2 Å². The van der Waals surface area contributed by atoms with Crippen LogP contribution in [0.4, 0.5) is 0 Å². The number of oxime groups is 1. The molecule has 0 saturated carbocycles. The first-order chi connectivity index (χ1) is 29.9. The highest BCUT2D eigenvalue weighted by molar-refractivity contribution is 7.48. The van der Waals surface area contributed by atoms with Crippen molar-refractivity contribution in [3.8, 4) is 0 Å². The van der Waals surface area contributed by atoms with Gasteiger partial charge in [0.05, 0.1) is 19.8 Å². The topological polar surface area (TPSA) is 148 Å². The van der Waals surface area contributed by atoms with E-state index in [9.17, 15) is 14.2 Å². The number of H-pyrrole nitrogens is 1. The highest BCUT2D eigenvalue weighted by Gasteiger charge is 2.30. The van der Waals surface area contributed by atoms with Crippen LogP contribution in [0.2, 0.25) is 0 Å². The van der Waals surface area contributed by atoms with Gasteiger partial charge in [-0.25, -0.2) is 9.55 Å². The number of hydrogen-bond acceptors (Lipinski definition) is 11. The summed E-state index contributed by atoms with van der Waals surface area (Å²) < 4.78 is 42.2. The van der Waals surface area contributed by atoms with Crippen LogP contribution in [0.1, 0.15) is 205 Å². The Labute approximate surface area is 369 Å². The summed E-state index contributed by atoms with van der Waals surface area (Å²) in [5.74, 6) is -0.276. The molecule has 348 valence electrons. The molecule has 1 N–H and O–H groups in total. The second kappa shape index (κ2) is 38.6. The third-order valence-electron chi connectivity index (χ3n) is 10.5. The molecular formula is C48H82N3O9P. The van der Waals surface area contributed by atoms with Gasteiger partial charge in [0.15, 0.2) is 11.9 Å². The number of benzene rings is 1. The molecule has 2 aromatic rings. The number of aromatic nitrogens is 2. The standard InChI is InChI=1S/C48H82N3O9P/c1-3-5-7-9-11-13-15-17-19-21-23-25-30-34-47(52)55-42-45(60-48(53)35-31-26-24-22-20-18-16-14-12-10-8-6-4-2)43-59-61(54,58-41-44-32-28-27-29-33-44)57-39-38-56-51-40-46-49-36-37-50-46/h27-29,32-33,36-37,40,45H,3-26,30-31,34-35,38-39,41-43H2,1-2H3,(H,49,50)/b51-40+/t45-,61?/m1/s1. The van der Waals surface area contributed by atoms with E-state index in [4.69, 9.17) is 27.9 Å². The predicted molar refractivity (Wildman–Crippen MR) is 244 cm³/mol. The van der Waals surface area contributed by atoms with Gasteiger partial charge < -0.3 is 19.3 Å². The van der Waals surface area contributed by atoms with Gasteiger partial charge in [-0.1, -0.05) is 203 Å². The van der Waals surface area contributed by atoms with E-state index < -0.39 is 19.9 Å². The number of imidazole rings is 1. The van der Waals surface area contributed by atoms with Crippen LogP contribution < -0.4 is 0 Å². The number of nitrogens with zero attached hydrogens (tertiary/aromatic N) is 2. The lowest BCUT2D eigenvalue weighted by atomic mass is 10.0. The Hall–Kier alpha value is -3.05. The molecule has 13 heteroatoms. The maximum Gasteiger partial charge on any atom is 0.475 e. The second-order valence-corrected chi connectivity index (χ2v) is 17.8. The van der Waals surface area contributed by atoms with Crippen LogP contribution in [-0.2, 0) is 48.6 Å². The minimum Gasteiger partial charge on any atom is -0.462 e. The van der Waals surface area contributed by atoms with Crippen LogP contribution in [0.15, 0.2) is 47.9 Å². The monoisotopic (exact) mass is 876 g/mol. The Kier molecular flexibility index (Phi) is 34.2. The van der Waals surface area contributed by atoms with Crippen molar-refractivity contribution in [2.75, 3.05) is 26.4 Å². The molecule has 1 aromatic heterocycles. The average Bonchev–Trinajstić information content (AvgIpc) is 3.80. The summed E-state index contributed by atoms with van der Waals surface area (Å²) in [7, 11) is -4.20. The number of rotatable bonds is 43. The molecule has 12 nitrogen and oxygen atoms in total. The predicted octanol–water partition coefficient (Wildman–Crippen LogP) is 13.5. The van der Waals surface area contributed by atoms with Crippen molar-refractivity contribution in [2.45, 2.75) is 206 Å². The molecule has 1 heterocycles. The average molecular weight is 876 g/mol. The van der Waals surface area contributed by atoms with Crippen molar-refractivity contribution < 1.29 is 42.0 Å². The van der Waals surface area contributed by atoms with E-state index in [1.165, 1.54) is 128 Å². The molecule has 2 rings (SSSR count). The first-order valence-corrected chi connectivity index (χ1v) is 25.5. The zero-order valence-corrected chi connectivity index (χ0v) is 38.9. The molecule has 1 unspecified atom stereocenters. The van der Waals surface area contributed by atoms with Gasteiger partial charge in [-0.2, -0.15) is 0 Å². The molecule has 61 heavy (non-hydrogen) atoms. The second-order valence-electron chi connectivity index (χ2n) is 16.2. The number of aromatic amines is 1. The summed E-state index contributed by atoms with van der Waals surface area (Å²) in [6.07, 6.45) is 35.7. The number of unbranched alkanes of at least 4 members (excludes halogenated alkanes) is 24. The molecule has 2 atom stereocenters. The highest BCUT2D eigenvalue weighted by atomic mass is 31.2. The molecule has 0 radical (unpaired) electrons. The van der Waals surface area contributed by atoms with Crippen molar-refractivity contribution in [3.63, 3.8) is 0 Å². The van der Waals surface area contributed by atoms with Gasteiger partial charge in [0.2, 0.25) is 0 Å². The lowest BCUT2D eigenvalue weighted by molar-refractivity contribution is -0.161. The third kappa shape index (κ3) is 32.3. The third-order valence-corrected chi connectivity index (χ3v) is 12.0. The summed E-state index contributed by atoms with van der Waals surface area (Å²) in [5.41, 5.74) is 0.761. The van der Waals surface area contributed by atoms with E-state index in [2.05, 4.69) is 29.0 Å². The number of carbonyl (C=O) groups excluding carboxylic acids is 2. The first kappa shape index (κ1) is 54.1. The minimum atomic E-state index is -4.20. The van der Waals surface area contributed by atoms with Crippen molar-refractivity contribution in [3.05, 3.63) is 54.1 Å². The van der Waals surface area contributed by atoms with Crippen molar-refractivity contribution >= 4 is 26.0 Å². The van der Waals surface area contributed by atoms with E-state index in [-0.39, 0.29) is 51.8 Å². The van der Waals surface area contributed by atoms with Crippen molar-refractivity contribution in [1.29, 1.82) is 0 Å². The quantitative estimate of drug-likeness (QED) is 0.0224. The largest absolute Gasteiger partial charge is 0.475 e. The van der Waals surface area contributed by atoms with E-state index in [1.807, 2.05) is 30.3 Å². The molecule has 0 fully saturated rings. The SMILES string of the molecule is CCCCCCCCCCCCCCCC(=O)OC[C@H](COP(=O)(OCCO/N=C/c1ncc[nH]1)OCc1ccccc1)OC(=O)CCCCCCCCCCCCCCC. The Morgan fingerprint density at radius 3 is 1.66 bits per heavy atom. The molecule has 0 aliphatic heterocycles. The van der Waals surface area contributed by atoms with Crippen molar-refractivity contribution in [1.82, 2.24) is 9.97 Å². The number of nitrogens with one attached hydrogen (secondary N) is 1. The first-order valence-electron chi connectivity index (χ1n) is 24.0. The lowest BCUT2D eigenvalue weighted by Gasteiger charge is -2.22. The van der Waals surface area contributed by atoms with Gasteiger partial charge in [-0.15, -0.1) is 0 Å². The Balaban J connectivity index is 1.82. The van der Waals surface area contributed by atoms with Gasteiger partial charge in [-0.3, -0.25) is 23.2 Å². The highest BCUT2D eigenvalue weighted by Crippen LogP contribution is 2.50. The van der Waals surface area contributed by atoms with Gasteiger partial charge >= 0.3 is 19.8 Å². The number of esters is 2. The summed E-state index contributed by atoms with van der Waals surface area (Å²) in [5, 5.41) is 3.82. The van der Waals surface area contributed by atoms with Crippen LogP contribution in [0.5, 0.6) is 0 Å². The lowest BCUT2D eigenvalue weighted by Crippen LogP contribution is -2.29. The molecule has 1 aromatic carbocycles. The minimum absolute atomic E-state index is 0.0480. The molecular weight excluding hydrogens is 794 g/mol. The van der Waals surface area contributed by atoms with E-state index >= 15 is 0 Å². The Morgan fingerprint density at radius 2 is 1.15 bits per heavy atom. The molecule has 0 amide bonds. The van der Waals surface area contributed by atoms with Crippen LogP contribution in [0.25, 0.3) is 0 Å². The van der Waals surface area contributed by atoms with Gasteiger partial charge in [-0.05, 0) is 18.4 Å². The van der Waals surface area contributed by atoms with Gasteiger partial charge in [0.1, 0.15) is 19.4 Å². The van der Waals surface area contributed by atoms with E-state index in [0.29, 0.717) is 12.2 Å². The fraction of sp³-hybridized carbons (Fsp3) is 0.750. The van der Waals surface area contributed by atoms with Crippen LogP contribution in [0, 0.1) is 0 Å². The summed E-state index contributed by atoms with van der Waals surface area (Å²) in [6, 6.07) is 9.21. The molecule has 0 aliphatic rings. The summed E-state index contributed by atoms with van der Waals surface area (Å²) in [6.45, 7) is 3.65. The fourth-order valence-corrected chi connectivity index (χ4v) is 8.06. The summed E-state index contributed by atoms with van der Waals surface area (Å²) >= 11 is 0. The van der Waals surface area contributed by atoms with Gasteiger partial charge in [0.25, 0.3) is 0 Å². The zero-order valence-electron chi connectivity index (χ0n) is 38.0. The molecule has 0 spiro atoms. The number of hydrogen-bond donors (Lipinski definition) is 1. The molecule has 0 bridgehead atoms. The normalized spacial score (nSPS) is 13.0. The fourth-order valence-electron chi connectivity index (χ4n) is 6.88. The van der Waals surface area contributed by atoms with Crippen LogP contribution in [0.3, 0.4) is 0 Å². The number of ether oxygens (including phenoxy) is 2. The molecule has 0 saturated heterocycles. The maximum absolute atomic E-state index is 13.9. The van der Waals surface area contributed by atoms with Crippen LogP contribution >= 0.6 is 7.82 Å². The number of phosphoric ester groups is 1. The molecule has 0 aliphatic carbocycles. The summed E-state index contributed by atoms with van der Waals surface area (Å²) in [4.78, 5) is 37.9. The number of carbonyl (C=O) groups is 2.